The van der Waals surface area contributed by atoms with Crippen LogP contribution in [0, 0.1) is 6.92 Å². The molecule has 0 amide bonds. The summed E-state index contributed by atoms with van der Waals surface area (Å²) in [7, 11) is 0. The van der Waals surface area contributed by atoms with Gasteiger partial charge in [-0.3, -0.25) is 0 Å². The third kappa shape index (κ3) is 2.30. The Morgan fingerprint density at radius 1 is 1.09 bits per heavy atom. The smallest absolute Gasteiger partial charge is 0.0601 e. The molecule has 4 aromatic rings. The molecule has 0 saturated heterocycles. The molecule has 0 atom stereocenters. The first-order valence-electron chi connectivity index (χ1n) is 8.04. The van der Waals surface area contributed by atoms with Crippen molar-refractivity contribution in [3.8, 4) is 0 Å². The number of nitrogens with one attached hydrogen (secondary N) is 1. The number of benzene rings is 2. The maximum atomic E-state index is 3.53. The minimum Gasteiger partial charge on any atom is -0.357 e. The molecule has 0 saturated carbocycles. The molecule has 0 spiro atoms. The van der Waals surface area contributed by atoms with Gasteiger partial charge in [-0.05, 0) is 46.7 Å². The molecule has 114 valence electrons. The van der Waals surface area contributed by atoms with E-state index in [-0.39, 0.29) is 0 Å². The van der Waals surface area contributed by atoms with E-state index in [0.717, 1.165) is 6.42 Å². The SMILES string of the molecule is CCC=C(c1cccc2ccccc12)c1c(C)[nH]c2ccsc12. The zero-order valence-corrected chi connectivity index (χ0v) is 14.2. The Labute approximate surface area is 140 Å². The molecular weight excluding hydrogens is 298 g/mol. The second kappa shape index (κ2) is 5.71. The molecule has 1 nitrogen and oxygen atoms in total. The minimum absolute atomic E-state index is 1.02. The van der Waals surface area contributed by atoms with Gasteiger partial charge in [0.25, 0.3) is 0 Å². The molecule has 1 N–H and O–H groups in total. The van der Waals surface area contributed by atoms with Gasteiger partial charge >= 0.3 is 0 Å². The summed E-state index contributed by atoms with van der Waals surface area (Å²) in [6.07, 6.45) is 3.38. The average Bonchev–Trinajstić information content (AvgIpc) is 3.13. The summed E-state index contributed by atoms with van der Waals surface area (Å²) in [5.74, 6) is 0. The topological polar surface area (TPSA) is 15.8 Å². The Kier molecular flexibility index (Phi) is 3.55. The fourth-order valence-corrected chi connectivity index (χ4v) is 4.34. The summed E-state index contributed by atoms with van der Waals surface area (Å²) in [5, 5.41) is 4.78. The highest BCUT2D eigenvalue weighted by atomic mass is 32.1. The maximum Gasteiger partial charge on any atom is 0.0601 e. The molecule has 0 aliphatic carbocycles. The lowest BCUT2D eigenvalue weighted by Crippen LogP contribution is -1.91. The fraction of sp³-hybridized carbons (Fsp3) is 0.143. The van der Waals surface area contributed by atoms with E-state index in [1.54, 1.807) is 0 Å². The van der Waals surface area contributed by atoms with Crippen LogP contribution in [-0.2, 0) is 0 Å². The molecule has 0 fully saturated rings. The Balaban J connectivity index is 2.04. The summed E-state index contributed by atoms with van der Waals surface area (Å²) >= 11 is 1.82. The normalized spacial score (nSPS) is 12.3. The zero-order valence-electron chi connectivity index (χ0n) is 13.4. The largest absolute Gasteiger partial charge is 0.357 e. The van der Waals surface area contributed by atoms with Gasteiger partial charge in [-0.2, -0.15) is 0 Å². The predicted molar refractivity (Wildman–Crippen MR) is 102 cm³/mol. The van der Waals surface area contributed by atoms with Crippen molar-refractivity contribution < 1.29 is 0 Å². The molecule has 2 heteroatoms. The van der Waals surface area contributed by atoms with Gasteiger partial charge in [0.15, 0.2) is 0 Å². The van der Waals surface area contributed by atoms with Crippen LogP contribution in [0.2, 0.25) is 0 Å². The van der Waals surface area contributed by atoms with Gasteiger partial charge in [0.2, 0.25) is 0 Å². The van der Waals surface area contributed by atoms with Crippen LogP contribution in [0.1, 0.15) is 30.2 Å². The molecule has 0 radical (unpaired) electrons. The molecule has 2 aromatic carbocycles. The van der Waals surface area contributed by atoms with Crippen molar-refractivity contribution in [3.05, 3.63) is 76.8 Å². The molecule has 0 aliphatic rings. The lowest BCUT2D eigenvalue weighted by molar-refractivity contribution is 1.22. The summed E-state index contributed by atoms with van der Waals surface area (Å²) in [6, 6.07) is 17.4. The zero-order chi connectivity index (χ0) is 15.8. The standard InChI is InChI=1S/C21H19NS/c1-3-7-18(20-14(2)22-19-12-13-23-21(19)20)17-11-6-9-15-8-4-5-10-16(15)17/h4-13,22H,3H2,1-2H3. The Bertz CT molecular complexity index is 1010. The number of fused-ring (bicyclic) bond motifs is 2. The monoisotopic (exact) mass is 317 g/mol. The highest BCUT2D eigenvalue weighted by molar-refractivity contribution is 7.17. The van der Waals surface area contributed by atoms with E-state index in [1.165, 1.54) is 43.4 Å². The molecular formula is C21H19NS. The molecule has 0 unspecified atom stereocenters. The van der Waals surface area contributed by atoms with Crippen molar-refractivity contribution >= 4 is 37.9 Å². The third-order valence-corrected chi connectivity index (χ3v) is 5.28. The van der Waals surface area contributed by atoms with Crippen LogP contribution in [0.5, 0.6) is 0 Å². The van der Waals surface area contributed by atoms with E-state index in [9.17, 15) is 0 Å². The molecule has 2 aromatic heterocycles. The molecule has 23 heavy (non-hydrogen) atoms. The summed E-state index contributed by atoms with van der Waals surface area (Å²) < 4.78 is 1.36. The summed E-state index contributed by atoms with van der Waals surface area (Å²) in [6.45, 7) is 4.38. The van der Waals surface area contributed by atoms with Crippen molar-refractivity contribution in [2.24, 2.45) is 0 Å². The fourth-order valence-electron chi connectivity index (χ4n) is 3.37. The highest BCUT2D eigenvalue weighted by Gasteiger charge is 2.16. The third-order valence-electron chi connectivity index (χ3n) is 4.35. The Morgan fingerprint density at radius 3 is 2.78 bits per heavy atom. The quantitative estimate of drug-likeness (QED) is 0.442. The number of thiophene rings is 1. The Hall–Kier alpha value is -2.32. The first-order chi connectivity index (χ1) is 11.3. The van der Waals surface area contributed by atoms with Crippen LogP contribution in [0.15, 0.2) is 60.0 Å². The van der Waals surface area contributed by atoms with Gasteiger partial charge in [-0.15, -0.1) is 11.3 Å². The van der Waals surface area contributed by atoms with Crippen LogP contribution in [-0.4, -0.2) is 4.98 Å². The Morgan fingerprint density at radius 2 is 1.91 bits per heavy atom. The molecule has 2 heterocycles. The second-order valence-corrected chi connectivity index (χ2v) is 6.76. The number of rotatable bonds is 3. The molecule has 0 bridgehead atoms. The van der Waals surface area contributed by atoms with Gasteiger partial charge < -0.3 is 4.98 Å². The number of H-pyrrole nitrogens is 1. The van der Waals surface area contributed by atoms with Gasteiger partial charge in [-0.25, -0.2) is 0 Å². The average molecular weight is 317 g/mol. The van der Waals surface area contributed by atoms with Crippen LogP contribution in [0.3, 0.4) is 0 Å². The molecule has 0 aliphatic heterocycles. The van der Waals surface area contributed by atoms with Crippen molar-refractivity contribution in [3.63, 3.8) is 0 Å². The van der Waals surface area contributed by atoms with E-state index in [0.29, 0.717) is 0 Å². The molecule has 4 rings (SSSR count). The summed E-state index contributed by atoms with van der Waals surface area (Å²) in [4.78, 5) is 3.53. The number of hydrogen-bond acceptors (Lipinski definition) is 1. The number of aromatic amines is 1. The van der Waals surface area contributed by atoms with Gasteiger partial charge in [0, 0.05) is 11.3 Å². The minimum atomic E-state index is 1.02. The second-order valence-electron chi connectivity index (χ2n) is 5.84. The van der Waals surface area contributed by atoms with Gasteiger partial charge in [-0.1, -0.05) is 55.5 Å². The first kappa shape index (κ1) is 14.3. The number of aryl methyl sites for hydroxylation is 1. The van der Waals surface area contributed by atoms with Crippen molar-refractivity contribution in [2.75, 3.05) is 0 Å². The van der Waals surface area contributed by atoms with Gasteiger partial charge in [0.1, 0.15) is 0 Å². The lowest BCUT2D eigenvalue weighted by Gasteiger charge is -2.12. The van der Waals surface area contributed by atoms with Crippen LogP contribution >= 0.6 is 11.3 Å². The van der Waals surface area contributed by atoms with E-state index in [1.807, 2.05) is 11.3 Å². The van der Waals surface area contributed by atoms with Crippen molar-refractivity contribution in [1.29, 1.82) is 0 Å². The van der Waals surface area contributed by atoms with Crippen molar-refractivity contribution in [1.82, 2.24) is 4.98 Å². The van der Waals surface area contributed by atoms with Crippen LogP contribution < -0.4 is 0 Å². The summed E-state index contributed by atoms with van der Waals surface area (Å²) in [5.41, 5.74) is 6.51. The number of allylic oxidation sites excluding steroid dienone is 1. The van der Waals surface area contributed by atoms with Gasteiger partial charge in [0.05, 0.1) is 10.2 Å². The highest BCUT2D eigenvalue weighted by Crippen LogP contribution is 2.38. The van der Waals surface area contributed by atoms with Crippen LogP contribution in [0.25, 0.3) is 26.6 Å². The van der Waals surface area contributed by atoms with E-state index < -0.39 is 0 Å². The van der Waals surface area contributed by atoms with Crippen molar-refractivity contribution in [2.45, 2.75) is 20.3 Å². The predicted octanol–water partition coefficient (Wildman–Crippen LogP) is 6.53. The maximum absolute atomic E-state index is 3.53. The van der Waals surface area contributed by atoms with E-state index in [4.69, 9.17) is 0 Å². The van der Waals surface area contributed by atoms with Crippen LogP contribution in [0.4, 0.5) is 0 Å². The number of hydrogen-bond donors (Lipinski definition) is 1. The van der Waals surface area contributed by atoms with E-state index >= 15 is 0 Å². The lowest BCUT2D eigenvalue weighted by atomic mass is 9.92. The van der Waals surface area contributed by atoms with E-state index in [2.05, 4.69) is 78.8 Å². The number of aromatic nitrogens is 1. The first-order valence-corrected chi connectivity index (χ1v) is 8.92.